The van der Waals surface area contributed by atoms with E-state index in [1.165, 1.54) is 18.7 Å². The number of hydrogen-bond acceptors (Lipinski definition) is 3. The maximum absolute atomic E-state index is 10.6. The molecule has 0 fully saturated rings. The zero-order valence-corrected chi connectivity index (χ0v) is 8.43. The molecule has 13 heavy (non-hydrogen) atoms. The van der Waals surface area contributed by atoms with Gasteiger partial charge in [0.25, 0.3) is 0 Å². The Bertz CT molecular complexity index is 215. The lowest BCUT2D eigenvalue weighted by Gasteiger charge is -2.10. The number of amides is 1. The Morgan fingerprint density at radius 3 is 2.62 bits per heavy atom. The average Bonchev–Trinajstić information content (AvgIpc) is 2.02. The maximum Gasteiger partial charge on any atom is 0.327 e. The lowest BCUT2D eigenvalue weighted by atomic mass is 10.3. The van der Waals surface area contributed by atoms with Crippen LogP contribution in [0, 0.1) is 0 Å². The number of thioether (sulfide) groups is 1. The number of rotatable bonds is 5. The molecular weight excluding hydrogens is 190 g/mol. The fourth-order valence-electron chi connectivity index (χ4n) is 0.668. The summed E-state index contributed by atoms with van der Waals surface area (Å²) >= 11 is 1.36. The first-order valence-corrected chi connectivity index (χ1v) is 4.85. The van der Waals surface area contributed by atoms with E-state index in [1.807, 2.05) is 13.0 Å². The van der Waals surface area contributed by atoms with Gasteiger partial charge in [-0.25, -0.2) is 4.79 Å². The molecule has 1 amide bonds. The van der Waals surface area contributed by atoms with Crippen molar-refractivity contribution in [3.63, 3.8) is 0 Å². The molecule has 0 aliphatic heterocycles. The number of carboxylic acids is 1. The van der Waals surface area contributed by atoms with Gasteiger partial charge < -0.3 is 10.4 Å². The Kier molecular flexibility index (Phi) is 6.05. The number of carbonyl (C=O) groups excluding carboxylic acids is 1. The Morgan fingerprint density at radius 2 is 2.23 bits per heavy atom. The lowest BCUT2D eigenvalue weighted by molar-refractivity contribution is -0.140. The molecule has 0 heterocycles. The maximum atomic E-state index is 10.6. The molecule has 0 rings (SSSR count). The van der Waals surface area contributed by atoms with Crippen LogP contribution in [0.5, 0.6) is 0 Å². The minimum Gasteiger partial charge on any atom is -0.480 e. The number of carbonyl (C=O) groups is 2. The summed E-state index contributed by atoms with van der Waals surface area (Å²) in [6.45, 7) is 3.15. The fraction of sp³-hybridized carbons (Fsp3) is 0.500. The van der Waals surface area contributed by atoms with Crippen molar-refractivity contribution in [3.8, 4) is 0 Å². The first-order chi connectivity index (χ1) is 6.07. The monoisotopic (exact) mass is 203 g/mol. The highest BCUT2D eigenvalue weighted by atomic mass is 32.2. The predicted molar refractivity (Wildman–Crippen MR) is 52.5 cm³/mol. The molecule has 0 saturated heterocycles. The summed E-state index contributed by atoms with van der Waals surface area (Å²) in [4.78, 5) is 21.2. The van der Waals surface area contributed by atoms with Crippen molar-refractivity contribution in [1.29, 1.82) is 0 Å². The molecule has 4 nitrogen and oxygen atoms in total. The Hall–Kier alpha value is -0.970. The lowest BCUT2D eigenvalue weighted by Crippen LogP contribution is -2.41. The van der Waals surface area contributed by atoms with Crippen LogP contribution in [0.1, 0.15) is 13.8 Å². The van der Waals surface area contributed by atoms with E-state index in [4.69, 9.17) is 5.11 Å². The minimum absolute atomic E-state index is 0.325. The highest BCUT2D eigenvalue weighted by Gasteiger charge is 2.17. The first kappa shape index (κ1) is 12.0. The molecule has 0 aromatic heterocycles. The SMILES string of the molecule is C/C=C\SCC(NC(C)=O)C(=O)O. The van der Waals surface area contributed by atoms with Gasteiger partial charge in [-0.2, -0.15) is 0 Å². The highest BCUT2D eigenvalue weighted by Crippen LogP contribution is 2.04. The summed E-state index contributed by atoms with van der Waals surface area (Å²) < 4.78 is 0. The summed E-state index contributed by atoms with van der Waals surface area (Å²) in [5, 5.41) is 12.8. The molecule has 5 heteroatoms. The van der Waals surface area contributed by atoms with E-state index in [2.05, 4.69) is 5.32 Å². The van der Waals surface area contributed by atoms with Gasteiger partial charge in [-0.1, -0.05) is 6.08 Å². The number of aliphatic carboxylic acids is 1. The van der Waals surface area contributed by atoms with Gasteiger partial charge in [-0.05, 0) is 12.3 Å². The van der Waals surface area contributed by atoms with E-state index in [0.717, 1.165) is 0 Å². The smallest absolute Gasteiger partial charge is 0.327 e. The third kappa shape index (κ3) is 6.21. The topological polar surface area (TPSA) is 66.4 Å². The minimum atomic E-state index is -1.01. The molecule has 0 aliphatic rings. The van der Waals surface area contributed by atoms with Crippen LogP contribution in [-0.2, 0) is 9.59 Å². The van der Waals surface area contributed by atoms with E-state index in [9.17, 15) is 9.59 Å². The normalized spacial score (nSPS) is 12.8. The highest BCUT2D eigenvalue weighted by molar-refractivity contribution is 8.02. The summed E-state index contributed by atoms with van der Waals surface area (Å²) in [6.07, 6.45) is 1.82. The van der Waals surface area contributed by atoms with Crippen LogP contribution >= 0.6 is 11.8 Å². The molecule has 0 aromatic carbocycles. The summed E-state index contributed by atoms with van der Waals surface area (Å²) in [7, 11) is 0. The van der Waals surface area contributed by atoms with Crippen molar-refractivity contribution in [2.45, 2.75) is 19.9 Å². The van der Waals surface area contributed by atoms with Gasteiger partial charge in [-0.3, -0.25) is 4.79 Å². The molecule has 1 unspecified atom stereocenters. The van der Waals surface area contributed by atoms with E-state index in [0.29, 0.717) is 5.75 Å². The van der Waals surface area contributed by atoms with Crippen molar-refractivity contribution < 1.29 is 14.7 Å². The van der Waals surface area contributed by atoms with E-state index >= 15 is 0 Å². The van der Waals surface area contributed by atoms with Crippen LogP contribution < -0.4 is 5.32 Å². The molecule has 0 saturated carbocycles. The fourth-order valence-corrected chi connectivity index (χ4v) is 1.39. The third-order valence-electron chi connectivity index (χ3n) is 1.17. The van der Waals surface area contributed by atoms with Gasteiger partial charge in [0.1, 0.15) is 6.04 Å². The Balaban J connectivity index is 3.95. The van der Waals surface area contributed by atoms with Gasteiger partial charge in [0.05, 0.1) is 0 Å². The van der Waals surface area contributed by atoms with Crippen molar-refractivity contribution >= 4 is 23.6 Å². The number of allylic oxidation sites excluding steroid dienone is 1. The van der Waals surface area contributed by atoms with Gasteiger partial charge in [0.2, 0.25) is 5.91 Å². The third-order valence-corrected chi connectivity index (χ3v) is 2.16. The first-order valence-electron chi connectivity index (χ1n) is 3.80. The van der Waals surface area contributed by atoms with Crippen molar-refractivity contribution in [2.24, 2.45) is 0 Å². The van der Waals surface area contributed by atoms with Crippen LogP contribution in [-0.4, -0.2) is 28.8 Å². The Morgan fingerprint density at radius 1 is 1.62 bits per heavy atom. The van der Waals surface area contributed by atoms with Gasteiger partial charge in [0.15, 0.2) is 0 Å². The largest absolute Gasteiger partial charge is 0.480 e. The molecule has 0 aliphatic carbocycles. The van der Waals surface area contributed by atoms with Crippen LogP contribution in [0.3, 0.4) is 0 Å². The zero-order valence-electron chi connectivity index (χ0n) is 7.61. The second kappa shape index (κ2) is 6.54. The quantitative estimate of drug-likeness (QED) is 0.695. The van der Waals surface area contributed by atoms with Crippen molar-refractivity contribution in [1.82, 2.24) is 5.32 Å². The van der Waals surface area contributed by atoms with Crippen LogP contribution in [0.2, 0.25) is 0 Å². The van der Waals surface area contributed by atoms with Crippen LogP contribution in [0.4, 0.5) is 0 Å². The summed E-state index contributed by atoms with van der Waals surface area (Å²) in [5.41, 5.74) is 0. The second-order valence-corrected chi connectivity index (χ2v) is 3.33. The second-order valence-electron chi connectivity index (χ2n) is 2.39. The molecule has 0 bridgehead atoms. The van der Waals surface area contributed by atoms with E-state index in [1.54, 1.807) is 5.41 Å². The standard InChI is InChI=1S/C8H13NO3S/c1-3-4-13-5-7(8(11)12)9-6(2)10/h3-4,7H,5H2,1-2H3,(H,9,10)(H,11,12)/b4-3-. The molecule has 0 aromatic rings. The van der Waals surface area contributed by atoms with E-state index in [-0.39, 0.29) is 5.91 Å². The summed E-state index contributed by atoms with van der Waals surface area (Å²) in [6, 6.07) is -0.807. The molecule has 0 radical (unpaired) electrons. The van der Waals surface area contributed by atoms with Crippen molar-refractivity contribution in [3.05, 3.63) is 11.5 Å². The number of nitrogens with one attached hydrogen (secondary N) is 1. The van der Waals surface area contributed by atoms with Gasteiger partial charge in [0, 0.05) is 12.7 Å². The molecule has 2 N–H and O–H groups in total. The predicted octanol–water partition coefficient (Wildman–Crippen LogP) is 0.843. The number of carboxylic acid groups (broad SMARTS) is 1. The van der Waals surface area contributed by atoms with Crippen LogP contribution in [0.15, 0.2) is 11.5 Å². The Labute approximate surface area is 81.4 Å². The molecule has 1 atom stereocenters. The average molecular weight is 203 g/mol. The van der Waals surface area contributed by atoms with Crippen molar-refractivity contribution in [2.75, 3.05) is 5.75 Å². The molecule has 0 spiro atoms. The molecule has 74 valence electrons. The van der Waals surface area contributed by atoms with E-state index < -0.39 is 12.0 Å². The zero-order chi connectivity index (χ0) is 10.3. The number of hydrogen-bond donors (Lipinski definition) is 2. The van der Waals surface area contributed by atoms with Gasteiger partial charge >= 0.3 is 5.97 Å². The summed E-state index contributed by atoms with van der Waals surface area (Å²) in [5.74, 6) is -0.986. The molecular formula is C8H13NO3S. The van der Waals surface area contributed by atoms with Gasteiger partial charge in [-0.15, -0.1) is 11.8 Å². The van der Waals surface area contributed by atoms with Crippen LogP contribution in [0.25, 0.3) is 0 Å².